The van der Waals surface area contributed by atoms with E-state index in [-0.39, 0.29) is 29.0 Å². The molecule has 7 rings (SSSR count). The van der Waals surface area contributed by atoms with Crippen molar-refractivity contribution in [2.24, 2.45) is 34.5 Å². The Bertz CT molecular complexity index is 1370. The van der Waals surface area contributed by atoms with Gasteiger partial charge in [-0.3, -0.25) is 0 Å². The van der Waals surface area contributed by atoms with E-state index in [0.717, 1.165) is 51.4 Å². The topological polar surface area (TPSA) is 247 Å². The van der Waals surface area contributed by atoms with Crippen LogP contribution in [0.25, 0.3) is 0 Å². The molecule has 0 aromatic heterocycles. The summed E-state index contributed by atoms with van der Waals surface area (Å²) in [6.45, 7) is 7.38. The first-order valence-electron chi connectivity index (χ1n) is 20.7. The van der Waals surface area contributed by atoms with Gasteiger partial charge in [-0.2, -0.15) is 0 Å². The zero-order valence-corrected chi connectivity index (χ0v) is 33.2. The van der Waals surface area contributed by atoms with Gasteiger partial charge in [-0.05, 0) is 99.7 Å². The highest BCUT2D eigenvalue weighted by molar-refractivity contribution is 5.25. The highest BCUT2D eigenvalue weighted by Gasteiger charge is 2.60. The quantitative estimate of drug-likeness (QED) is 0.126. The SMILES string of the molecule is CO[C@H]1[C@@H](O)[C@@H](C)O[C@@H](OC(C)[C@H]2CC[C@H]3[C@@H]4CC=C5C[C@@H](O)CC[C@]5(C)[C@H]4CC[C@]23C)[C@@H]1O[C@@H]1O[C@H](CO[C@@H]2O[C@H](CO)[C@@H](O)[C@H](O)[C@H]2O)[C@@H](O)[C@H](O)[C@H]1O. The zero-order valence-electron chi connectivity index (χ0n) is 33.2. The van der Waals surface area contributed by atoms with Gasteiger partial charge >= 0.3 is 0 Å². The van der Waals surface area contributed by atoms with E-state index in [1.165, 1.54) is 12.7 Å². The van der Waals surface area contributed by atoms with Crippen LogP contribution in [0.1, 0.15) is 79.1 Å². The second kappa shape index (κ2) is 16.9. The highest BCUT2D eigenvalue weighted by Crippen LogP contribution is 2.67. The summed E-state index contributed by atoms with van der Waals surface area (Å²) < 4.78 is 42.0. The summed E-state index contributed by atoms with van der Waals surface area (Å²) in [6, 6.07) is 0. The number of hydrogen-bond donors (Lipinski definition) is 9. The Kier molecular flexibility index (Phi) is 13.0. The lowest BCUT2D eigenvalue weighted by atomic mass is 9.47. The molecule has 0 radical (unpaired) electrons. The number of hydrogen-bond acceptors (Lipinski definition) is 16. The summed E-state index contributed by atoms with van der Waals surface area (Å²) in [5.74, 6) is 1.87. The lowest BCUT2D eigenvalue weighted by Gasteiger charge is -2.58. The van der Waals surface area contributed by atoms with Gasteiger partial charge in [0, 0.05) is 7.11 Å². The van der Waals surface area contributed by atoms with Crippen molar-refractivity contribution in [1.29, 1.82) is 0 Å². The van der Waals surface area contributed by atoms with Gasteiger partial charge in [0.05, 0.1) is 31.5 Å². The maximum Gasteiger partial charge on any atom is 0.187 e. The Morgan fingerprint density at radius 2 is 1.43 bits per heavy atom. The number of fused-ring (bicyclic) bond motifs is 5. The van der Waals surface area contributed by atoms with Gasteiger partial charge in [-0.25, -0.2) is 0 Å². The summed E-state index contributed by atoms with van der Waals surface area (Å²) in [7, 11) is 1.41. The molecule has 7 aliphatic rings. The average molecular weight is 803 g/mol. The fraction of sp³-hybridized carbons (Fsp3) is 0.950. The van der Waals surface area contributed by atoms with Crippen molar-refractivity contribution in [3.05, 3.63) is 11.6 Å². The van der Waals surface area contributed by atoms with Crippen molar-refractivity contribution in [1.82, 2.24) is 0 Å². The number of allylic oxidation sites excluding steroid dienone is 1. The fourth-order valence-electron chi connectivity index (χ4n) is 12.0. The van der Waals surface area contributed by atoms with Gasteiger partial charge in [0.1, 0.15) is 67.1 Å². The fourth-order valence-corrected chi connectivity index (χ4v) is 12.0. The Hall–Kier alpha value is -0.900. The van der Waals surface area contributed by atoms with Gasteiger partial charge in [-0.15, -0.1) is 0 Å². The third kappa shape index (κ3) is 7.56. The minimum Gasteiger partial charge on any atom is -0.394 e. The summed E-state index contributed by atoms with van der Waals surface area (Å²) in [6.07, 6.45) is -11.2. The minimum absolute atomic E-state index is 0.0182. The molecule has 0 aromatic carbocycles. The van der Waals surface area contributed by atoms with Crippen LogP contribution in [0.2, 0.25) is 0 Å². The zero-order chi connectivity index (χ0) is 40.4. The number of aliphatic hydroxyl groups is 9. The van der Waals surface area contributed by atoms with Crippen molar-refractivity contribution < 1.29 is 79.1 Å². The summed E-state index contributed by atoms with van der Waals surface area (Å²) in [4.78, 5) is 0. The lowest BCUT2D eigenvalue weighted by molar-refractivity contribution is -0.376. The predicted molar refractivity (Wildman–Crippen MR) is 194 cm³/mol. The largest absolute Gasteiger partial charge is 0.394 e. The smallest absolute Gasteiger partial charge is 0.187 e. The van der Waals surface area contributed by atoms with E-state index >= 15 is 0 Å². The van der Waals surface area contributed by atoms with Crippen molar-refractivity contribution in [2.45, 2.75) is 183 Å². The van der Waals surface area contributed by atoms with Crippen LogP contribution in [-0.4, -0.2) is 171 Å². The van der Waals surface area contributed by atoms with Gasteiger partial charge in [0.15, 0.2) is 18.9 Å². The Labute approximate surface area is 328 Å². The second-order valence-corrected chi connectivity index (χ2v) is 18.3. The molecule has 0 amide bonds. The monoisotopic (exact) mass is 802 g/mol. The van der Waals surface area contributed by atoms with Crippen LogP contribution in [0.5, 0.6) is 0 Å². The Morgan fingerprint density at radius 3 is 2.12 bits per heavy atom. The molecule has 3 aliphatic heterocycles. The minimum atomic E-state index is -1.78. The van der Waals surface area contributed by atoms with Gasteiger partial charge in [0.25, 0.3) is 0 Å². The molecule has 6 fully saturated rings. The van der Waals surface area contributed by atoms with Gasteiger partial charge < -0.3 is 79.1 Å². The highest BCUT2D eigenvalue weighted by atomic mass is 16.8. The van der Waals surface area contributed by atoms with Gasteiger partial charge in [0.2, 0.25) is 0 Å². The van der Waals surface area contributed by atoms with Crippen molar-refractivity contribution in [3.8, 4) is 0 Å². The molecule has 0 spiro atoms. The van der Waals surface area contributed by atoms with Crippen LogP contribution in [0.4, 0.5) is 0 Å². The molecule has 3 saturated carbocycles. The normalized spacial score (nSPS) is 54.1. The van der Waals surface area contributed by atoms with Crippen LogP contribution in [0.15, 0.2) is 11.6 Å². The molecular formula is C40H66O16. The summed E-state index contributed by atoms with van der Waals surface area (Å²) >= 11 is 0. The van der Waals surface area contributed by atoms with Crippen LogP contribution < -0.4 is 0 Å². The first-order chi connectivity index (χ1) is 26.5. The molecule has 1 unspecified atom stereocenters. The average Bonchev–Trinajstić information content (AvgIpc) is 3.54. The standard InChI is InChI=1S/C40H66O16/c1-17(22-8-9-23-21-7-6-19-14-20(42)10-12-39(19,3)24(21)11-13-40(22,23)4)52-38-35(34(50-5)27(43)18(2)53-38)56-37-33(49)31(47)29(45)26(55-37)16-51-36-32(48)30(46)28(44)25(15-41)54-36/h6,17-18,20-38,41-49H,7-16H2,1-5H3/t17?,18-,20+,21+,22-,23+,24+,25-,26-,27+,28-,29-,30+,31+,32-,33-,34+,35-,36-,37+,38-,39+,40-/m1/s1. The summed E-state index contributed by atoms with van der Waals surface area (Å²) in [5.41, 5.74) is 1.60. The van der Waals surface area contributed by atoms with Crippen molar-refractivity contribution in [2.75, 3.05) is 20.3 Å². The molecule has 322 valence electrons. The maximum absolute atomic E-state index is 11.2. The van der Waals surface area contributed by atoms with Crippen LogP contribution in [0, 0.1) is 34.5 Å². The Balaban J connectivity index is 1.04. The van der Waals surface area contributed by atoms with E-state index in [4.69, 9.17) is 33.2 Å². The van der Waals surface area contributed by atoms with Crippen molar-refractivity contribution in [3.63, 3.8) is 0 Å². The number of rotatable bonds is 10. The number of methoxy groups -OCH3 is 1. The first-order valence-corrected chi connectivity index (χ1v) is 20.7. The van der Waals surface area contributed by atoms with Crippen molar-refractivity contribution >= 4 is 0 Å². The van der Waals surface area contributed by atoms with E-state index in [1.807, 2.05) is 6.92 Å². The van der Waals surface area contributed by atoms with E-state index in [1.54, 1.807) is 6.92 Å². The molecule has 23 atom stereocenters. The molecular weight excluding hydrogens is 736 g/mol. The number of ether oxygens (including phenoxy) is 7. The molecule has 4 aliphatic carbocycles. The molecule has 9 N–H and O–H groups in total. The lowest BCUT2D eigenvalue weighted by Crippen LogP contribution is -2.65. The third-order valence-corrected chi connectivity index (χ3v) is 15.3. The van der Waals surface area contributed by atoms with E-state index in [9.17, 15) is 46.0 Å². The van der Waals surface area contributed by atoms with E-state index in [2.05, 4.69) is 19.9 Å². The maximum atomic E-state index is 11.2. The van der Waals surface area contributed by atoms with E-state index in [0.29, 0.717) is 17.8 Å². The van der Waals surface area contributed by atoms with Crippen LogP contribution >= 0.6 is 0 Å². The molecule has 0 bridgehead atoms. The third-order valence-electron chi connectivity index (χ3n) is 15.3. The first kappa shape index (κ1) is 43.2. The van der Waals surface area contributed by atoms with Gasteiger partial charge in [-0.1, -0.05) is 25.5 Å². The molecule has 16 heteroatoms. The van der Waals surface area contributed by atoms with E-state index < -0.39 is 105 Å². The second-order valence-electron chi connectivity index (χ2n) is 18.3. The van der Waals surface area contributed by atoms with Crippen LogP contribution in [-0.2, 0) is 33.2 Å². The summed E-state index contributed by atoms with van der Waals surface area (Å²) in [5, 5.41) is 94.6. The van der Waals surface area contributed by atoms with Crippen LogP contribution in [0.3, 0.4) is 0 Å². The molecule has 16 nitrogen and oxygen atoms in total. The molecule has 56 heavy (non-hydrogen) atoms. The number of aliphatic hydroxyl groups excluding tert-OH is 9. The molecule has 3 heterocycles. The molecule has 0 aromatic rings. The molecule has 3 saturated heterocycles. The Morgan fingerprint density at radius 1 is 0.750 bits per heavy atom. The predicted octanol–water partition coefficient (Wildman–Crippen LogP) is -0.539.